The molecule has 0 aromatic heterocycles. The van der Waals surface area contributed by atoms with Crippen LogP contribution in [0.3, 0.4) is 0 Å². The van der Waals surface area contributed by atoms with Crippen molar-refractivity contribution in [1.29, 1.82) is 0 Å². The lowest BCUT2D eigenvalue weighted by molar-refractivity contribution is -0.150. The third-order valence-electron chi connectivity index (χ3n) is 7.31. The predicted octanol–water partition coefficient (Wildman–Crippen LogP) is 8.13. The molecule has 0 bridgehead atoms. The molecule has 232 valence electrons. The van der Waals surface area contributed by atoms with E-state index >= 15 is 0 Å². The first kappa shape index (κ1) is 32.7. The topological polar surface area (TPSA) is 105 Å². The highest BCUT2D eigenvalue weighted by Crippen LogP contribution is 2.33. The van der Waals surface area contributed by atoms with Gasteiger partial charge >= 0.3 is 11.9 Å². The van der Waals surface area contributed by atoms with Gasteiger partial charge in [-0.05, 0) is 77.1 Å². The van der Waals surface area contributed by atoms with Gasteiger partial charge in [-0.25, -0.2) is 4.79 Å². The number of carbonyl (C=O) groups is 3. The Bertz CT molecular complexity index is 1810. The van der Waals surface area contributed by atoms with Crippen LogP contribution in [0.25, 0.3) is 11.1 Å². The van der Waals surface area contributed by atoms with Crippen LogP contribution in [0.2, 0.25) is 0 Å². The first-order chi connectivity index (χ1) is 22.3. The highest BCUT2D eigenvalue weighted by atomic mass is 79.9. The smallest absolute Gasteiger partial charge is 0.394 e. The Morgan fingerprint density at radius 3 is 1.98 bits per heavy atom. The lowest BCUT2D eigenvalue weighted by Crippen LogP contribution is -2.35. The fraction of sp³-hybridized carbons (Fsp3) is 0.108. The summed E-state index contributed by atoms with van der Waals surface area (Å²) in [5, 5.41) is 14.9. The number of carbonyl (C=O) groups excluding carboxylic acids is 2. The van der Waals surface area contributed by atoms with Crippen molar-refractivity contribution in [3.63, 3.8) is 0 Å². The molecule has 0 aliphatic rings. The molecule has 46 heavy (non-hydrogen) atoms. The molecular weight excluding hydrogens is 712 g/mol. The zero-order chi connectivity index (χ0) is 32.5. The van der Waals surface area contributed by atoms with E-state index in [1.807, 2.05) is 48.5 Å². The standard InChI is InChI=1S/C37H30Br2N2O5/c38-32-21-28(35(42)40-19-18-24-14-16-26(17-15-24)25-8-3-1-4-9-25)22-33(39)31(32)23-34(41-36(43)37(44)45)27-10-7-13-30(20-27)46-29-11-5-2-6-12-29/h1-17,20-22,34H,18-19,23H2,(H,40,42)(H,41,43)(H,44,45)/t34-/m1/s1. The third-order valence-corrected chi connectivity index (χ3v) is 8.73. The molecular formula is C37H30Br2N2O5. The zero-order valence-corrected chi connectivity index (χ0v) is 27.8. The summed E-state index contributed by atoms with van der Waals surface area (Å²) >= 11 is 7.18. The number of rotatable bonds is 11. The average Bonchev–Trinajstić information content (AvgIpc) is 3.07. The minimum absolute atomic E-state index is 0.227. The van der Waals surface area contributed by atoms with Crippen LogP contribution in [0, 0.1) is 0 Å². The number of hydrogen-bond donors (Lipinski definition) is 3. The van der Waals surface area contributed by atoms with Crippen LogP contribution in [0.4, 0.5) is 0 Å². The van der Waals surface area contributed by atoms with E-state index in [9.17, 15) is 19.5 Å². The van der Waals surface area contributed by atoms with E-state index in [4.69, 9.17) is 4.74 Å². The maximum Gasteiger partial charge on any atom is 0.394 e. The van der Waals surface area contributed by atoms with E-state index in [0.717, 1.165) is 22.3 Å². The molecule has 0 saturated carbocycles. The number of carboxylic acids is 1. The Morgan fingerprint density at radius 2 is 1.33 bits per heavy atom. The van der Waals surface area contributed by atoms with Crippen LogP contribution in [-0.4, -0.2) is 29.4 Å². The molecule has 5 aromatic rings. The summed E-state index contributed by atoms with van der Waals surface area (Å²) in [5.41, 5.74) is 5.27. The molecule has 0 unspecified atom stereocenters. The number of nitrogens with one attached hydrogen (secondary N) is 2. The number of carboxylic acid groups (broad SMARTS) is 1. The molecule has 0 fully saturated rings. The number of ether oxygens (including phenoxy) is 1. The van der Waals surface area contributed by atoms with Gasteiger partial charge in [0.1, 0.15) is 11.5 Å². The van der Waals surface area contributed by atoms with Gasteiger partial charge in [0.2, 0.25) is 0 Å². The van der Waals surface area contributed by atoms with Crippen LogP contribution in [0.5, 0.6) is 11.5 Å². The Kier molecular flexibility index (Phi) is 11.0. The normalized spacial score (nSPS) is 11.3. The number of hydrogen-bond acceptors (Lipinski definition) is 4. The van der Waals surface area contributed by atoms with Crippen molar-refractivity contribution in [2.24, 2.45) is 0 Å². The molecule has 0 aliphatic carbocycles. The number of halogens is 2. The average molecular weight is 742 g/mol. The van der Waals surface area contributed by atoms with E-state index in [1.165, 1.54) is 0 Å². The molecule has 2 amide bonds. The van der Waals surface area contributed by atoms with E-state index < -0.39 is 17.9 Å². The second kappa shape index (κ2) is 15.5. The van der Waals surface area contributed by atoms with Crippen molar-refractivity contribution in [3.8, 4) is 22.6 Å². The monoisotopic (exact) mass is 740 g/mol. The summed E-state index contributed by atoms with van der Waals surface area (Å²) in [4.78, 5) is 36.8. The second-order valence-corrected chi connectivity index (χ2v) is 12.2. The van der Waals surface area contributed by atoms with Gasteiger partial charge < -0.3 is 20.5 Å². The van der Waals surface area contributed by atoms with Crippen LogP contribution in [-0.2, 0) is 22.4 Å². The first-order valence-corrected chi connectivity index (χ1v) is 16.1. The summed E-state index contributed by atoms with van der Waals surface area (Å²) < 4.78 is 7.22. The van der Waals surface area contributed by atoms with Crippen molar-refractivity contribution in [2.45, 2.75) is 18.9 Å². The summed E-state index contributed by atoms with van der Waals surface area (Å²) in [6.07, 6.45) is 0.912. The van der Waals surface area contributed by atoms with Gasteiger partial charge in [0, 0.05) is 21.1 Å². The molecule has 0 heterocycles. The largest absolute Gasteiger partial charge is 0.474 e. The van der Waals surface area contributed by atoms with Gasteiger partial charge in [-0.3, -0.25) is 9.59 Å². The van der Waals surface area contributed by atoms with Crippen molar-refractivity contribution in [3.05, 3.63) is 153 Å². The lowest BCUT2D eigenvalue weighted by Gasteiger charge is -2.21. The van der Waals surface area contributed by atoms with Crippen LogP contribution < -0.4 is 15.4 Å². The molecule has 7 nitrogen and oxygen atoms in total. The zero-order valence-electron chi connectivity index (χ0n) is 24.6. The van der Waals surface area contributed by atoms with Gasteiger partial charge in [0.15, 0.2) is 0 Å². The molecule has 1 atom stereocenters. The SMILES string of the molecule is O=C(O)C(=O)N[C@H](Cc1c(Br)cc(C(=O)NCCc2ccc(-c3ccccc3)cc2)cc1Br)c1cccc(Oc2ccccc2)c1. The van der Waals surface area contributed by atoms with E-state index in [1.54, 1.807) is 36.4 Å². The van der Waals surface area contributed by atoms with Gasteiger partial charge in [0.25, 0.3) is 5.91 Å². The minimum Gasteiger partial charge on any atom is -0.474 e. The first-order valence-electron chi connectivity index (χ1n) is 14.5. The Balaban J connectivity index is 1.26. The van der Waals surface area contributed by atoms with Gasteiger partial charge in [-0.15, -0.1) is 0 Å². The van der Waals surface area contributed by atoms with Gasteiger partial charge in [-0.2, -0.15) is 0 Å². The van der Waals surface area contributed by atoms with Crippen molar-refractivity contribution in [2.75, 3.05) is 6.54 Å². The molecule has 3 N–H and O–H groups in total. The fourth-order valence-electron chi connectivity index (χ4n) is 4.94. The maximum atomic E-state index is 13.1. The minimum atomic E-state index is -1.58. The quantitative estimate of drug-likeness (QED) is 0.119. The molecule has 0 saturated heterocycles. The second-order valence-electron chi connectivity index (χ2n) is 10.5. The highest BCUT2D eigenvalue weighted by Gasteiger charge is 2.23. The van der Waals surface area contributed by atoms with E-state index in [2.05, 4.69) is 78.9 Å². The Morgan fingerprint density at radius 1 is 0.717 bits per heavy atom. The summed E-state index contributed by atoms with van der Waals surface area (Å²) in [5.74, 6) is -1.76. The van der Waals surface area contributed by atoms with E-state index in [-0.39, 0.29) is 12.3 Å². The molecule has 0 radical (unpaired) electrons. The third kappa shape index (κ3) is 8.71. The van der Waals surface area contributed by atoms with Crippen molar-refractivity contribution < 1.29 is 24.2 Å². The Hall–Kier alpha value is -4.73. The summed E-state index contributed by atoms with van der Waals surface area (Å²) in [6.45, 7) is 0.463. The summed E-state index contributed by atoms with van der Waals surface area (Å²) in [6, 6.07) is 37.6. The lowest BCUT2D eigenvalue weighted by atomic mass is 9.97. The highest BCUT2D eigenvalue weighted by molar-refractivity contribution is 9.11. The number of benzene rings is 5. The fourth-order valence-corrected chi connectivity index (χ4v) is 6.45. The van der Waals surface area contributed by atoms with Crippen molar-refractivity contribution >= 4 is 49.6 Å². The van der Waals surface area contributed by atoms with Gasteiger partial charge in [0.05, 0.1) is 6.04 Å². The van der Waals surface area contributed by atoms with Gasteiger partial charge in [-0.1, -0.05) is 117 Å². The van der Waals surface area contributed by atoms with E-state index in [0.29, 0.717) is 44.5 Å². The maximum absolute atomic E-state index is 13.1. The molecule has 5 rings (SSSR count). The molecule has 0 aliphatic heterocycles. The molecule has 9 heteroatoms. The number of para-hydroxylation sites is 1. The predicted molar refractivity (Wildman–Crippen MR) is 185 cm³/mol. The number of amides is 2. The van der Waals surface area contributed by atoms with Crippen molar-refractivity contribution in [1.82, 2.24) is 10.6 Å². The molecule has 5 aromatic carbocycles. The summed E-state index contributed by atoms with van der Waals surface area (Å²) in [7, 11) is 0. The number of aliphatic carboxylic acids is 1. The molecule has 0 spiro atoms. The Labute approximate surface area is 283 Å². The van der Waals surface area contributed by atoms with Crippen LogP contribution >= 0.6 is 31.9 Å². The van der Waals surface area contributed by atoms with Crippen LogP contribution in [0.15, 0.2) is 130 Å². The van der Waals surface area contributed by atoms with Crippen LogP contribution in [0.1, 0.15) is 33.1 Å².